The predicted octanol–water partition coefficient (Wildman–Crippen LogP) is 3.53. The topological polar surface area (TPSA) is 71.8 Å². The van der Waals surface area contributed by atoms with Crippen molar-refractivity contribution in [1.29, 1.82) is 10.8 Å². The lowest BCUT2D eigenvalue weighted by Crippen LogP contribution is -2.29. The van der Waals surface area contributed by atoms with Gasteiger partial charge in [-0.15, -0.1) is 0 Å². The Labute approximate surface area is 145 Å². The monoisotopic (exact) mass is 344 g/mol. The molecule has 1 fully saturated rings. The molecule has 128 valence electrons. The van der Waals surface area contributed by atoms with E-state index in [-0.39, 0.29) is 0 Å². The first-order chi connectivity index (χ1) is 10.6. The fourth-order valence-corrected chi connectivity index (χ4v) is 3.86. The number of unbranched alkanes of at least 4 members (excludes halogenated alkanes) is 2. The lowest BCUT2D eigenvalue weighted by Gasteiger charge is -2.33. The van der Waals surface area contributed by atoms with Crippen LogP contribution in [0.1, 0.15) is 51.9 Å². The van der Waals surface area contributed by atoms with E-state index in [0.717, 1.165) is 67.9 Å². The van der Waals surface area contributed by atoms with Crippen LogP contribution < -0.4 is 10.6 Å². The van der Waals surface area contributed by atoms with Crippen LogP contribution in [0.15, 0.2) is 0 Å². The SMILES string of the molecule is CC1CCC1SCCNC(=N)CCCCCC(=N)NCCS. The van der Waals surface area contributed by atoms with Crippen LogP contribution in [0.25, 0.3) is 0 Å². The Morgan fingerprint density at radius 2 is 1.68 bits per heavy atom. The van der Waals surface area contributed by atoms with E-state index in [1.54, 1.807) is 0 Å². The van der Waals surface area contributed by atoms with Gasteiger partial charge in [0.1, 0.15) is 0 Å². The van der Waals surface area contributed by atoms with Gasteiger partial charge in [0.2, 0.25) is 0 Å². The largest absolute Gasteiger partial charge is 0.373 e. The summed E-state index contributed by atoms with van der Waals surface area (Å²) in [5, 5.41) is 22.7. The molecule has 2 atom stereocenters. The maximum atomic E-state index is 7.90. The summed E-state index contributed by atoms with van der Waals surface area (Å²) in [6.45, 7) is 4.03. The van der Waals surface area contributed by atoms with Crippen molar-refractivity contribution < 1.29 is 0 Å². The summed E-state index contributed by atoms with van der Waals surface area (Å²) < 4.78 is 0. The van der Waals surface area contributed by atoms with Gasteiger partial charge in [-0.25, -0.2) is 0 Å². The summed E-state index contributed by atoms with van der Waals surface area (Å²) in [6, 6.07) is 0. The summed E-state index contributed by atoms with van der Waals surface area (Å²) in [6.07, 6.45) is 7.57. The maximum Gasteiger partial charge on any atom is 0.0931 e. The second-order valence-electron chi connectivity index (χ2n) is 6.06. The van der Waals surface area contributed by atoms with E-state index < -0.39 is 0 Å². The molecule has 2 unspecified atom stereocenters. The summed E-state index contributed by atoms with van der Waals surface area (Å²) in [7, 11) is 0. The van der Waals surface area contributed by atoms with Crippen molar-refractivity contribution in [3.63, 3.8) is 0 Å². The van der Waals surface area contributed by atoms with Crippen LogP contribution in [-0.4, -0.2) is 41.5 Å². The zero-order valence-corrected chi connectivity index (χ0v) is 15.5. The molecule has 0 aromatic carbocycles. The van der Waals surface area contributed by atoms with Crippen LogP contribution >= 0.6 is 24.4 Å². The number of rotatable bonds is 12. The smallest absolute Gasteiger partial charge is 0.0931 e. The minimum atomic E-state index is 0.615. The van der Waals surface area contributed by atoms with Gasteiger partial charge < -0.3 is 10.6 Å². The Balaban J connectivity index is 1.85. The third-order valence-electron chi connectivity index (χ3n) is 4.12. The molecule has 0 spiro atoms. The van der Waals surface area contributed by atoms with Gasteiger partial charge in [0, 0.05) is 42.7 Å². The highest BCUT2D eigenvalue weighted by Crippen LogP contribution is 2.36. The fourth-order valence-electron chi connectivity index (χ4n) is 2.46. The first-order valence-corrected chi connectivity index (χ1v) is 10.2. The fraction of sp³-hybridized carbons (Fsp3) is 0.875. The number of hydrogen-bond donors (Lipinski definition) is 5. The Bertz CT molecular complexity index is 336. The van der Waals surface area contributed by atoms with E-state index in [1.807, 2.05) is 0 Å². The molecule has 0 amide bonds. The summed E-state index contributed by atoms with van der Waals surface area (Å²) in [4.78, 5) is 0. The maximum absolute atomic E-state index is 7.90. The molecule has 1 saturated carbocycles. The zero-order valence-electron chi connectivity index (χ0n) is 13.8. The van der Waals surface area contributed by atoms with Crippen molar-refractivity contribution in [3.8, 4) is 0 Å². The quantitative estimate of drug-likeness (QED) is 0.163. The Morgan fingerprint density at radius 3 is 2.18 bits per heavy atom. The van der Waals surface area contributed by atoms with Crippen LogP contribution in [0.2, 0.25) is 0 Å². The Morgan fingerprint density at radius 1 is 1.05 bits per heavy atom. The average molecular weight is 345 g/mol. The number of hydrogen-bond acceptors (Lipinski definition) is 4. The molecule has 0 aromatic heterocycles. The van der Waals surface area contributed by atoms with Crippen molar-refractivity contribution in [2.24, 2.45) is 5.92 Å². The second kappa shape index (κ2) is 12.1. The average Bonchev–Trinajstić information content (AvgIpc) is 2.50. The van der Waals surface area contributed by atoms with Crippen LogP contribution in [-0.2, 0) is 0 Å². The highest BCUT2D eigenvalue weighted by molar-refractivity contribution is 8.00. The van der Waals surface area contributed by atoms with Gasteiger partial charge in [-0.2, -0.15) is 24.4 Å². The third-order valence-corrected chi connectivity index (χ3v) is 5.91. The van der Waals surface area contributed by atoms with Gasteiger partial charge in [-0.05, 0) is 31.6 Å². The minimum absolute atomic E-state index is 0.615. The molecule has 4 nitrogen and oxygen atoms in total. The molecule has 1 rings (SSSR count). The normalized spacial score (nSPS) is 20.3. The van der Waals surface area contributed by atoms with Gasteiger partial charge >= 0.3 is 0 Å². The molecule has 22 heavy (non-hydrogen) atoms. The Kier molecular flexibility index (Phi) is 10.8. The molecular weight excluding hydrogens is 312 g/mol. The van der Waals surface area contributed by atoms with Crippen LogP contribution in [0, 0.1) is 16.7 Å². The number of amidine groups is 2. The third kappa shape index (κ3) is 8.93. The number of thioether (sulfide) groups is 1. The minimum Gasteiger partial charge on any atom is -0.373 e. The van der Waals surface area contributed by atoms with E-state index >= 15 is 0 Å². The molecule has 4 N–H and O–H groups in total. The van der Waals surface area contributed by atoms with Gasteiger partial charge in [0.25, 0.3) is 0 Å². The highest BCUT2D eigenvalue weighted by Gasteiger charge is 2.26. The first kappa shape index (κ1) is 19.7. The van der Waals surface area contributed by atoms with Crippen molar-refractivity contribution in [2.75, 3.05) is 24.6 Å². The van der Waals surface area contributed by atoms with E-state index in [1.165, 1.54) is 12.8 Å². The molecular formula is C16H32N4S2. The van der Waals surface area contributed by atoms with E-state index in [2.05, 4.69) is 41.9 Å². The lowest BCUT2D eigenvalue weighted by atomic mass is 9.87. The van der Waals surface area contributed by atoms with Crippen molar-refractivity contribution in [2.45, 2.75) is 57.1 Å². The highest BCUT2D eigenvalue weighted by atomic mass is 32.2. The summed E-state index contributed by atoms with van der Waals surface area (Å²) in [5.74, 6) is 4.06. The van der Waals surface area contributed by atoms with Gasteiger partial charge in [-0.1, -0.05) is 13.3 Å². The van der Waals surface area contributed by atoms with Crippen LogP contribution in [0.3, 0.4) is 0 Å². The van der Waals surface area contributed by atoms with Crippen LogP contribution in [0.5, 0.6) is 0 Å². The lowest BCUT2D eigenvalue weighted by molar-refractivity contribution is 0.363. The predicted molar refractivity (Wildman–Crippen MR) is 103 cm³/mol. The molecule has 0 radical (unpaired) electrons. The molecule has 6 heteroatoms. The first-order valence-electron chi connectivity index (χ1n) is 8.48. The van der Waals surface area contributed by atoms with Gasteiger partial charge in [0.15, 0.2) is 0 Å². The molecule has 0 aromatic rings. The molecule has 0 heterocycles. The molecule has 0 saturated heterocycles. The zero-order chi connectivity index (χ0) is 16.2. The molecule has 1 aliphatic rings. The van der Waals surface area contributed by atoms with Crippen molar-refractivity contribution >= 4 is 36.1 Å². The molecule has 0 bridgehead atoms. The van der Waals surface area contributed by atoms with Crippen LogP contribution in [0.4, 0.5) is 0 Å². The van der Waals surface area contributed by atoms with Crippen molar-refractivity contribution in [3.05, 3.63) is 0 Å². The molecule has 1 aliphatic carbocycles. The molecule has 0 aliphatic heterocycles. The van der Waals surface area contributed by atoms with E-state index in [9.17, 15) is 0 Å². The number of thiol groups is 1. The number of nitrogens with one attached hydrogen (secondary N) is 4. The van der Waals surface area contributed by atoms with E-state index in [4.69, 9.17) is 10.8 Å². The van der Waals surface area contributed by atoms with Gasteiger partial charge in [0.05, 0.1) is 11.7 Å². The summed E-state index contributed by atoms with van der Waals surface area (Å²) in [5.41, 5.74) is 0. The van der Waals surface area contributed by atoms with Gasteiger partial charge in [-0.3, -0.25) is 10.8 Å². The van der Waals surface area contributed by atoms with E-state index in [0.29, 0.717) is 11.7 Å². The second-order valence-corrected chi connectivity index (χ2v) is 7.85. The summed E-state index contributed by atoms with van der Waals surface area (Å²) >= 11 is 6.17. The van der Waals surface area contributed by atoms with Crippen molar-refractivity contribution in [1.82, 2.24) is 10.6 Å². The standard InChI is InChI=1S/C16H32N4S2/c1-13-7-8-14(13)22-12-10-20-16(18)6-4-2-3-5-15(17)19-9-11-21/h13-14,21H,2-12H2,1H3,(H2,17,19)(H2,18,20). The Hall–Kier alpha value is -0.360.